The van der Waals surface area contributed by atoms with E-state index in [1.807, 2.05) is 14.0 Å². The zero-order chi connectivity index (χ0) is 13.8. The Morgan fingerprint density at radius 1 is 1.42 bits per heavy atom. The van der Waals surface area contributed by atoms with Gasteiger partial charge in [0, 0.05) is 7.05 Å². The first-order chi connectivity index (χ1) is 9.13. The lowest BCUT2D eigenvalue weighted by Crippen LogP contribution is -2.29. The lowest BCUT2D eigenvalue weighted by molar-refractivity contribution is 0.0938. The Labute approximate surface area is 110 Å². The van der Waals surface area contributed by atoms with Crippen LogP contribution in [-0.4, -0.2) is 20.7 Å². The summed E-state index contributed by atoms with van der Waals surface area (Å²) < 4.78 is 1.76. The van der Waals surface area contributed by atoms with Crippen LogP contribution in [0.15, 0.2) is 30.6 Å². The van der Waals surface area contributed by atoms with Gasteiger partial charge in [-0.1, -0.05) is 12.1 Å². The highest BCUT2D eigenvalue weighted by Gasteiger charge is 2.17. The van der Waals surface area contributed by atoms with Crippen LogP contribution in [0, 0.1) is 0 Å². The molecule has 7 heteroatoms. The van der Waals surface area contributed by atoms with Crippen molar-refractivity contribution < 1.29 is 4.79 Å². The zero-order valence-electron chi connectivity index (χ0n) is 10.8. The number of carbonyl (C=O) groups excluding carboxylic acids is 1. The molecule has 0 saturated carbocycles. The average Bonchev–Trinajstić information content (AvgIpc) is 2.85. The first kappa shape index (κ1) is 13.0. The number of carbonyl (C=O) groups is 1. The molecule has 4 N–H and O–H groups in total. The third kappa shape index (κ3) is 2.71. The number of aryl methyl sites for hydroxylation is 1. The highest BCUT2D eigenvalue weighted by atomic mass is 16.1. The summed E-state index contributed by atoms with van der Waals surface area (Å²) in [6.07, 6.45) is 1.59. The van der Waals surface area contributed by atoms with Crippen molar-refractivity contribution in [2.75, 3.05) is 5.43 Å². The van der Waals surface area contributed by atoms with E-state index in [-0.39, 0.29) is 11.9 Å². The molecule has 0 aliphatic heterocycles. The van der Waals surface area contributed by atoms with Gasteiger partial charge < -0.3 is 15.3 Å². The summed E-state index contributed by atoms with van der Waals surface area (Å²) in [6, 6.07) is 6.78. The molecule has 0 radical (unpaired) electrons. The Kier molecular flexibility index (Phi) is 3.76. The lowest BCUT2D eigenvalue weighted by Gasteiger charge is -2.14. The summed E-state index contributed by atoms with van der Waals surface area (Å²) >= 11 is 0. The normalized spacial score (nSPS) is 11.9. The van der Waals surface area contributed by atoms with E-state index < -0.39 is 0 Å². The van der Waals surface area contributed by atoms with E-state index in [9.17, 15) is 4.79 Å². The quantitative estimate of drug-likeness (QED) is 0.552. The van der Waals surface area contributed by atoms with Crippen molar-refractivity contribution in [3.05, 3.63) is 42.0 Å². The fraction of sp³-hybridized carbons (Fsp3) is 0.250. The largest absolute Gasteiger partial charge is 0.342 e. The molecule has 0 aliphatic rings. The number of hydrogen-bond donors (Lipinski definition) is 3. The molecule has 1 atom stereocenters. The van der Waals surface area contributed by atoms with Crippen molar-refractivity contribution in [3.63, 3.8) is 0 Å². The van der Waals surface area contributed by atoms with E-state index in [0.29, 0.717) is 17.1 Å². The average molecular weight is 260 g/mol. The number of nitrogens with two attached hydrogens (primary N) is 1. The van der Waals surface area contributed by atoms with Crippen LogP contribution >= 0.6 is 0 Å². The Balaban J connectivity index is 2.15. The van der Waals surface area contributed by atoms with Crippen LogP contribution in [0.5, 0.6) is 0 Å². The third-order valence-corrected chi connectivity index (χ3v) is 2.81. The molecule has 1 aromatic carbocycles. The summed E-state index contributed by atoms with van der Waals surface area (Å²) in [5.41, 5.74) is 3.56. The molecule has 1 unspecified atom stereocenters. The summed E-state index contributed by atoms with van der Waals surface area (Å²) in [4.78, 5) is 12.2. The minimum Gasteiger partial charge on any atom is -0.342 e. The van der Waals surface area contributed by atoms with Gasteiger partial charge >= 0.3 is 0 Å². The highest BCUT2D eigenvalue weighted by Crippen LogP contribution is 2.15. The molecule has 0 bridgehead atoms. The van der Waals surface area contributed by atoms with Crippen LogP contribution in [0.2, 0.25) is 0 Å². The standard InChI is InChI=1S/C12H16N6O/c1-8(11-17-14-7-18(11)2)15-12(19)9-5-3-4-6-10(9)16-13/h3-8,16H,13H2,1-2H3,(H,15,19). The molecular formula is C12H16N6O. The number of hydrogen-bond acceptors (Lipinski definition) is 5. The Hall–Kier alpha value is -2.41. The van der Waals surface area contributed by atoms with E-state index in [1.54, 1.807) is 35.2 Å². The zero-order valence-corrected chi connectivity index (χ0v) is 10.8. The van der Waals surface area contributed by atoms with Gasteiger partial charge in [-0.3, -0.25) is 10.6 Å². The number of aromatic nitrogens is 3. The second kappa shape index (κ2) is 5.49. The number of anilines is 1. The Bertz CT molecular complexity index is 579. The number of benzene rings is 1. The number of nitrogens with one attached hydrogen (secondary N) is 2. The number of nitrogen functional groups attached to an aromatic ring is 1. The predicted octanol–water partition coefficient (Wildman–Crippen LogP) is 0.592. The molecule has 7 nitrogen and oxygen atoms in total. The maximum absolute atomic E-state index is 12.2. The highest BCUT2D eigenvalue weighted by molar-refractivity contribution is 5.99. The van der Waals surface area contributed by atoms with Gasteiger partial charge in [0.25, 0.3) is 5.91 Å². The molecule has 2 aromatic rings. The topological polar surface area (TPSA) is 97.9 Å². The van der Waals surface area contributed by atoms with Gasteiger partial charge in [0.1, 0.15) is 6.33 Å². The monoisotopic (exact) mass is 260 g/mol. The van der Waals surface area contributed by atoms with E-state index in [4.69, 9.17) is 5.84 Å². The lowest BCUT2D eigenvalue weighted by atomic mass is 10.1. The maximum atomic E-state index is 12.2. The van der Waals surface area contributed by atoms with Gasteiger partial charge in [-0.2, -0.15) is 0 Å². The molecule has 0 spiro atoms. The van der Waals surface area contributed by atoms with E-state index in [0.717, 1.165) is 0 Å². The number of rotatable bonds is 4. The van der Waals surface area contributed by atoms with Gasteiger partial charge in [-0.05, 0) is 19.1 Å². The predicted molar refractivity (Wildman–Crippen MR) is 71.1 cm³/mol. The minimum atomic E-state index is -0.245. The van der Waals surface area contributed by atoms with Crippen LogP contribution < -0.4 is 16.6 Å². The second-order valence-electron chi connectivity index (χ2n) is 4.19. The molecule has 19 heavy (non-hydrogen) atoms. The second-order valence-corrected chi connectivity index (χ2v) is 4.19. The van der Waals surface area contributed by atoms with E-state index in [2.05, 4.69) is 20.9 Å². The third-order valence-electron chi connectivity index (χ3n) is 2.81. The van der Waals surface area contributed by atoms with Crippen molar-refractivity contribution in [3.8, 4) is 0 Å². The van der Waals surface area contributed by atoms with Crippen molar-refractivity contribution in [2.45, 2.75) is 13.0 Å². The number of nitrogens with zero attached hydrogens (tertiary/aromatic N) is 3. The number of hydrazine groups is 1. The molecule has 100 valence electrons. The molecule has 0 aliphatic carbocycles. The van der Waals surface area contributed by atoms with Crippen LogP contribution in [-0.2, 0) is 7.05 Å². The number of amides is 1. The van der Waals surface area contributed by atoms with Gasteiger partial charge in [-0.25, -0.2) is 0 Å². The van der Waals surface area contributed by atoms with Crippen LogP contribution in [0.1, 0.15) is 29.1 Å². The summed E-state index contributed by atoms with van der Waals surface area (Å²) in [6.45, 7) is 1.85. The summed E-state index contributed by atoms with van der Waals surface area (Å²) in [7, 11) is 1.83. The molecule has 0 saturated heterocycles. The van der Waals surface area contributed by atoms with Crippen molar-refractivity contribution in [2.24, 2.45) is 12.9 Å². The molecule has 0 fully saturated rings. The van der Waals surface area contributed by atoms with Gasteiger partial charge in [0.2, 0.25) is 0 Å². The van der Waals surface area contributed by atoms with Crippen LogP contribution in [0.4, 0.5) is 5.69 Å². The van der Waals surface area contributed by atoms with Crippen LogP contribution in [0.25, 0.3) is 0 Å². The molecule has 2 rings (SSSR count). The Morgan fingerprint density at radius 3 is 2.79 bits per heavy atom. The van der Waals surface area contributed by atoms with E-state index in [1.165, 1.54) is 0 Å². The SMILES string of the molecule is CC(NC(=O)c1ccccc1NN)c1nncn1C. The van der Waals surface area contributed by atoms with Gasteiger partial charge in [-0.15, -0.1) is 10.2 Å². The Morgan fingerprint density at radius 2 is 2.16 bits per heavy atom. The summed E-state index contributed by atoms with van der Waals surface area (Å²) in [5, 5.41) is 10.6. The molecule has 1 aromatic heterocycles. The van der Waals surface area contributed by atoms with E-state index >= 15 is 0 Å². The molecular weight excluding hydrogens is 244 g/mol. The summed E-state index contributed by atoms with van der Waals surface area (Å²) in [5.74, 6) is 5.85. The van der Waals surface area contributed by atoms with Crippen molar-refractivity contribution in [1.29, 1.82) is 0 Å². The molecule has 1 heterocycles. The smallest absolute Gasteiger partial charge is 0.254 e. The van der Waals surface area contributed by atoms with Gasteiger partial charge in [0.15, 0.2) is 5.82 Å². The number of para-hydroxylation sites is 1. The fourth-order valence-electron chi connectivity index (χ4n) is 1.83. The first-order valence-corrected chi connectivity index (χ1v) is 5.84. The minimum absolute atomic E-state index is 0.218. The maximum Gasteiger partial charge on any atom is 0.254 e. The van der Waals surface area contributed by atoms with Gasteiger partial charge in [0.05, 0.1) is 17.3 Å². The van der Waals surface area contributed by atoms with Crippen molar-refractivity contribution in [1.82, 2.24) is 20.1 Å². The first-order valence-electron chi connectivity index (χ1n) is 5.84. The fourth-order valence-corrected chi connectivity index (χ4v) is 1.83. The van der Waals surface area contributed by atoms with Crippen LogP contribution in [0.3, 0.4) is 0 Å². The van der Waals surface area contributed by atoms with Crippen molar-refractivity contribution >= 4 is 11.6 Å². The molecule has 1 amide bonds.